The van der Waals surface area contributed by atoms with E-state index < -0.39 is 24.0 Å². The van der Waals surface area contributed by atoms with Crippen LogP contribution < -0.4 is 11.1 Å². The summed E-state index contributed by atoms with van der Waals surface area (Å²) in [5.41, 5.74) is 7.68. The molecule has 0 aliphatic heterocycles. The minimum Gasteiger partial charge on any atom is -0.479 e. The van der Waals surface area contributed by atoms with Crippen LogP contribution in [0.4, 0.5) is 0 Å². The van der Waals surface area contributed by atoms with Crippen LogP contribution in [0.3, 0.4) is 0 Å². The Labute approximate surface area is 120 Å². The first-order valence-corrected chi connectivity index (χ1v) is 6.48. The zero-order chi connectivity index (χ0) is 15.4. The molecule has 6 N–H and O–H groups in total. The lowest BCUT2D eigenvalue weighted by atomic mass is 10.1. The average molecular weight is 291 g/mol. The number of benzene rings is 1. The van der Waals surface area contributed by atoms with Crippen molar-refractivity contribution in [3.8, 4) is 0 Å². The molecule has 1 aromatic carbocycles. The van der Waals surface area contributed by atoms with Crippen molar-refractivity contribution in [2.75, 3.05) is 6.54 Å². The summed E-state index contributed by atoms with van der Waals surface area (Å²) in [6.45, 7) is -0.365. The molecule has 0 unspecified atom stereocenters. The van der Waals surface area contributed by atoms with Gasteiger partial charge in [0.05, 0.1) is 12.6 Å². The predicted molar refractivity (Wildman–Crippen MR) is 76.6 cm³/mol. The molecule has 112 valence electrons. The van der Waals surface area contributed by atoms with E-state index in [1.54, 1.807) is 6.20 Å². The molecule has 2 rings (SSSR count). The molecule has 0 radical (unpaired) electrons. The molecule has 7 heteroatoms. The van der Waals surface area contributed by atoms with Gasteiger partial charge in [-0.25, -0.2) is 4.79 Å². The van der Waals surface area contributed by atoms with E-state index in [4.69, 9.17) is 15.9 Å². The van der Waals surface area contributed by atoms with Gasteiger partial charge in [0, 0.05) is 17.1 Å². The Morgan fingerprint density at radius 1 is 1.33 bits per heavy atom. The van der Waals surface area contributed by atoms with Crippen molar-refractivity contribution in [3.63, 3.8) is 0 Å². The number of amides is 1. The second-order valence-electron chi connectivity index (χ2n) is 4.77. The fraction of sp³-hybridized carbons (Fsp3) is 0.286. The van der Waals surface area contributed by atoms with Crippen molar-refractivity contribution in [2.45, 2.75) is 18.6 Å². The van der Waals surface area contributed by atoms with E-state index in [9.17, 15) is 9.59 Å². The SMILES string of the molecule is N[C@@H](Cc1c[nH]c2ccccc12)C(=O)NC[C@H](O)C(=O)O. The third kappa shape index (κ3) is 3.59. The quantitative estimate of drug-likeness (QED) is 0.494. The molecule has 1 aromatic heterocycles. The summed E-state index contributed by atoms with van der Waals surface area (Å²) < 4.78 is 0. The first-order chi connectivity index (χ1) is 9.99. The number of nitrogens with one attached hydrogen (secondary N) is 2. The van der Waals surface area contributed by atoms with Gasteiger partial charge in [-0.15, -0.1) is 0 Å². The first-order valence-electron chi connectivity index (χ1n) is 6.48. The Balaban J connectivity index is 1.96. The Morgan fingerprint density at radius 2 is 2.05 bits per heavy atom. The summed E-state index contributed by atoms with van der Waals surface area (Å²) in [7, 11) is 0. The number of hydrogen-bond donors (Lipinski definition) is 5. The van der Waals surface area contributed by atoms with Crippen molar-refractivity contribution >= 4 is 22.8 Å². The number of carbonyl (C=O) groups excluding carboxylic acids is 1. The maximum Gasteiger partial charge on any atom is 0.334 e. The highest BCUT2D eigenvalue weighted by Crippen LogP contribution is 2.18. The number of carboxylic acids is 1. The van der Waals surface area contributed by atoms with Crippen molar-refractivity contribution in [3.05, 3.63) is 36.0 Å². The number of aliphatic hydroxyl groups excluding tert-OH is 1. The Hall–Kier alpha value is -2.38. The van der Waals surface area contributed by atoms with E-state index in [1.807, 2.05) is 24.3 Å². The minimum absolute atomic E-state index is 0.318. The molecule has 0 aliphatic rings. The summed E-state index contributed by atoms with van der Waals surface area (Å²) in [6.07, 6.45) is 0.484. The number of para-hydroxylation sites is 1. The summed E-state index contributed by atoms with van der Waals surface area (Å²) in [5.74, 6) is -1.89. The number of H-pyrrole nitrogens is 1. The maximum atomic E-state index is 11.8. The highest BCUT2D eigenvalue weighted by Gasteiger charge is 2.19. The third-order valence-corrected chi connectivity index (χ3v) is 3.21. The van der Waals surface area contributed by atoms with Gasteiger partial charge in [0.2, 0.25) is 5.91 Å². The molecule has 0 saturated heterocycles. The van der Waals surface area contributed by atoms with E-state index in [2.05, 4.69) is 10.3 Å². The molecule has 2 atom stereocenters. The zero-order valence-electron chi connectivity index (χ0n) is 11.2. The molecule has 0 saturated carbocycles. The molecule has 0 fully saturated rings. The Bertz CT molecular complexity index is 652. The molecular weight excluding hydrogens is 274 g/mol. The lowest BCUT2D eigenvalue weighted by Crippen LogP contribution is -2.45. The largest absolute Gasteiger partial charge is 0.479 e. The average Bonchev–Trinajstić information content (AvgIpc) is 2.87. The topological polar surface area (TPSA) is 128 Å². The number of carboxylic acid groups (broad SMARTS) is 1. The van der Waals surface area contributed by atoms with E-state index >= 15 is 0 Å². The normalized spacial score (nSPS) is 13.8. The number of hydrogen-bond acceptors (Lipinski definition) is 4. The van der Waals surface area contributed by atoms with Crippen molar-refractivity contribution in [2.24, 2.45) is 5.73 Å². The van der Waals surface area contributed by atoms with E-state index in [0.29, 0.717) is 6.42 Å². The lowest BCUT2D eigenvalue weighted by Gasteiger charge is -2.13. The maximum absolute atomic E-state index is 11.8. The molecule has 0 spiro atoms. The number of aromatic nitrogens is 1. The fourth-order valence-electron chi connectivity index (χ4n) is 2.05. The van der Waals surface area contributed by atoms with Gasteiger partial charge in [0.1, 0.15) is 0 Å². The van der Waals surface area contributed by atoms with Crippen molar-refractivity contribution in [1.82, 2.24) is 10.3 Å². The number of aliphatic hydroxyl groups is 1. The number of aromatic amines is 1. The van der Waals surface area contributed by atoms with Gasteiger partial charge in [0.15, 0.2) is 6.10 Å². The zero-order valence-corrected chi connectivity index (χ0v) is 11.2. The van der Waals surface area contributed by atoms with E-state index in [0.717, 1.165) is 16.5 Å². The predicted octanol–water partition coefficient (Wildman–Crippen LogP) is -0.401. The molecule has 21 heavy (non-hydrogen) atoms. The van der Waals surface area contributed by atoms with Crippen molar-refractivity contribution in [1.29, 1.82) is 0 Å². The second kappa shape index (κ2) is 6.38. The highest BCUT2D eigenvalue weighted by molar-refractivity contribution is 5.86. The number of rotatable bonds is 6. The number of nitrogens with two attached hydrogens (primary N) is 1. The Morgan fingerprint density at radius 3 is 2.76 bits per heavy atom. The van der Waals surface area contributed by atoms with Crippen LogP contribution in [0.1, 0.15) is 5.56 Å². The lowest BCUT2D eigenvalue weighted by molar-refractivity contribution is -0.146. The van der Waals surface area contributed by atoms with Crippen LogP contribution in [0.25, 0.3) is 10.9 Å². The van der Waals surface area contributed by atoms with Gasteiger partial charge in [-0.1, -0.05) is 18.2 Å². The summed E-state index contributed by atoms with van der Waals surface area (Å²) in [5, 5.41) is 20.9. The van der Waals surface area contributed by atoms with Gasteiger partial charge >= 0.3 is 5.97 Å². The highest BCUT2D eigenvalue weighted by atomic mass is 16.4. The summed E-state index contributed by atoms with van der Waals surface area (Å²) in [4.78, 5) is 25.3. The van der Waals surface area contributed by atoms with Gasteiger partial charge in [-0.3, -0.25) is 4.79 Å². The van der Waals surface area contributed by atoms with Crippen molar-refractivity contribution < 1.29 is 19.8 Å². The monoisotopic (exact) mass is 291 g/mol. The van der Waals surface area contributed by atoms with Crippen LogP contribution in [0.5, 0.6) is 0 Å². The van der Waals surface area contributed by atoms with Gasteiger partial charge in [-0.05, 0) is 18.1 Å². The second-order valence-corrected chi connectivity index (χ2v) is 4.77. The number of aliphatic carboxylic acids is 1. The fourth-order valence-corrected chi connectivity index (χ4v) is 2.05. The van der Waals surface area contributed by atoms with Gasteiger partial charge in [0.25, 0.3) is 0 Å². The number of fused-ring (bicyclic) bond motifs is 1. The van der Waals surface area contributed by atoms with Crippen LogP contribution in [0.15, 0.2) is 30.5 Å². The Kier molecular flexibility index (Phi) is 4.56. The van der Waals surface area contributed by atoms with Gasteiger partial charge < -0.3 is 26.2 Å². The first kappa shape index (κ1) is 15.0. The third-order valence-electron chi connectivity index (χ3n) is 3.21. The molecule has 2 aromatic rings. The molecule has 1 amide bonds. The molecule has 0 aliphatic carbocycles. The van der Waals surface area contributed by atoms with Crippen LogP contribution in [-0.2, 0) is 16.0 Å². The molecule has 1 heterocycles. The van der Waals surface area contributed by atoms with E-state index in [-0.39, 0.29) is 6.54 Å². The summed E-state index contributed by atoms with van der Waals surface area (Å²) >= 11 is 0. The summed E-state index contributed by atoms with van der Waals surface area (Å²) in [6, 6.07) is 6.84. The molecular formula is C14H17N3O4. The van der Waals surface area contributed by atoms with Crippen LogP contribution in [0.2, 0.25) is 0 Å². The number of carbonyl (C=O) groups is 2. The van der Waals surface area contributed by atoms with Crippen LogP contribution in [0, 0.1) is 0 Å². The standard InChI is InChI=1S/C14H17N3O4/c15-10(13(19)17-7-12(18)14(20)21)5-8-6-16-11-4-2-1-3-9(8)11/h1-4,6,10,12,16,18H,5,7,15H2,(H,17,19)(H,20,21)/t10-,12-/m0/s1. The molecule has 0 bridgehead atoms. The minimum atomic E-state index is -1.63. The van der Waals surface area contributed by atoms with Crippen LogP contribution >= 0.6 is 0 Å². The molecule has 7 nitrogen and oxygen atoms in total. The van der Waals surface area contributed by atoms with Crippen LogP contribution in [-0.4, -0.2) is 45.8 Å². The van der Waals surface area contributed by atoms with Gasteiger partial charge in [-0.2, -0.15) is 0 Å². The van der Waals surface area contributed by atoms with E-state index in [1.165, 1.54) is 0 Å². The smallest absolute Gasteiger partial charge is 0.334 e.